The molecule has 21 heavy (non-hydrogen) atoms. The second-order valence-electron chi connectivity index (χ2n) is 4.70. The van der Waals surface area contributed by atoms with Crippen molar-refractivity contribution in [1.82, 2.24) is 15.0 Å². The van der Waals surface area contributed by atoms with Crippen molar-refractivity contribution >= 4 is 5.97 Å². The molecular formula is C14H17N3O4. The van der Waals surface area contributed by atoms with E-state index >= 15 is 0 Å². The van der Waals surface area contributed by atoms with E-state index in [0.717, 1.165) is 0 Å². The molecule has 2 rings (SSSR count). The zero-order chi connectivity index (χ0) is 15.4. The van der Waals surface area contributed by atoms with Gasteiger partial charge in [0.15, 0.2) is 5.69 Å². The van der Waals surface area contributed by atoms with Crippen LogP contribution in [-0.4, -0.2) is 33.2 Å². The van der Waals surface area contributed by atoms with E-state index in [4.69, 9.17) is 14.6 Å². The number of aromatic carboxylic acids is 1. The third kappa shape index (κ3) is 3.31. The van der Waals surface area contributed by atoms with E-state index < -0.39 is 5.97 Å². The number of hydrogen-bond acceptors (Lipinski definition) is 5. The van der Waals surface area contributed by atoms with Crippen LogP contribution < -0.4 is 9.47 Å². The van der Waals surface area contributed by atoms with Crippen LogP contribution in [0.4, 0.5) is 0 Å². The number of carbonyl (C=O) groups is 1. The van der Waals surface area contributed by atoms with Crippen LogP contribution in [0.1, 0.15) is 36.1 Å². The van der Waals surface area contributed by atoms with E-state index in [2.05, 4.69) is 10.3 Å². The summed E-state index contributed by atoms with van der Waals surface area (Å²) in [7, 11) is 1.57. The number of nitrogens with zero attached hydrogens (tertiary/aromatic N) is 3. The molecule has 1 aromatic carbocycles. The van der Waals surface area contributed by atoms with Gasteiger partial charge in [-0.25, -0.2) is 9.48 Å². The average molecular weight is 291 g/mol. The maximum atomic E-state index is 11.2. The molecule has 0 aliphatic heterocycles. The Bertz CT molecular complexity index is 637. The van der Waals surface area contributed by atoms with Gasteiger partial charge in [0, 0.05) is 12.1 Å². The zero-order valence-corrected chi connectivity index (χ0v) is 12.1. The van der Waals surface area contributed by atoms with Gasteiger partial charge in [-0.05, 0) is 26.0 Å². The Hall–Kier alpha value is -2.57. The van der Waals surface area contributed by atoms with Gasteiger partial charge in [-0.2, -0.15) is 0 Å². The second kappa shape index (κ2) is 6.25. The van der Waals surface area contributed by atoms with Gasteiger partial charge in [0.25, 0.3) is 0 Å². The van der Waals surface area contributed by atoms with E-state index in [1.807, 2.05) is 13.8 Å². The first-order chi connectivity index (χ1) is 10.0. The van der Waals surface area contributed by atoms with Gasteiger partial charge in [-0.15, -0.1) is 5.10 Å². The molecule has 7 heteroatoms. The predicted octanol–water partition coefficient (Wildman–Crippen LogP) is 2.14. The number of rotatable bonds is 6. The highest BCUT2D eigenvalue weighted by atomic mass is 16.5. The highest BCUT2D eigenvalue weighted by Crippen LogP contribution is 2.21. The van der Waals surface area contributed by atoms with Crippen LogP contribution in [0.25, 0.3) is 0 Å². The Morgan fingerprint density at radius 2 is 2.10 bits per heavy atom. The van der Waals surface area contributed by atoms with Gasteiger partial charge in [-0.3, -0.25) is 0 Å². The Morgan fingerprint density at radius 3 is 2.71 bits per heavy atom. The molecule has 0 fully saturated rings. The van der Waals surface area contributed by atoms with Crippen LogP contribution in [0.15, 0.2) is 24.3 Å². The molecule has 1 aromatic heterocycles. The number of aromatic nitrogens is 3. The Balaban J connectivity index is 2.22. The third-order valence-electron chi connectivity index (χ3n) is 2.90. The SMILES string of the molecule is COc1cccc(OCc2c(C(=O)O)nnn2C(C)C)c1. The first-order valence-electron chi connectivity index (χ1n) is 6.47. The van der Waals surface area contributed by atoms with E-state index in [9.17, 15) is 4.79 Å². The topological polar surface area (TPSA) is 86.5 Å². The van der Waals surface area contributed by atoms with E-state index in [1.54, 1.807) is 36.1 Å². The minimum atomic E-state index is -1.12. The summed E-state index contributed by atoms with van der Waals surface area (Å²) in [5.74, 6) is 0.134. The number of carboxylic acid groups (broad SMARTS) is 1. The highest BCUT2D eigenvalue weighted by Gasteiger charge is 2.20. The molecule has 0 saturated carbocycles. The highest BCUT2D eigenvalue weighted by molar-refractivity contribution is 5.86. The predicted molar refractivity (Wildman–Crippen MR) is 74.7 cm³/mol. The summed E-state index contributed by atoms with van der Waals surface area (Å²) in [6.45, 7) is 3.87. The van der Waals surface area contributed by atoms with E-state index in [1.165, 1.54) is 0 Å². The molecule has 0 bridgehead atoms. The van der Waals surface area contributed by atoms with Crippen molar-refractivity contribution in [3.05, 3.63) is 35.7 Å². The fourth-order valence-electron chi connectivity index (χ4n) is 1.87. The van der Waals surface area contributed by atoms with Gasteiger partial charge in [0.05, 0.1) is 7.11 Å². The van der Waals surface area contributed by atoms with Crippen molar-refractivity contribution in [2.24, 2.45) is 0 Å². The first-order valence-corrected chi connectivity index (χ1v) is 6.47. The van der Waals surface area contributed by atoms with Crippen molar-refractivity contribution in [3.8, 4) is 11.5 Å². The summed E-state index contributed by atoms with van der Waals surface area (Å²) < 4.78 is 12.3. The molecule has 0 saturated heterocycles. The second-order valence-corrected chi connectivity index (χ2v) is 4.70. The number of carboxylic acids is 1. The molecule has 0 spiro atoms. The maximum absolute atomic E-state index is 11.2. The summed E-state index contributed by atoms with van der Waals surface area (Å²) in [4.78, 5) is 11.2. The van der Waals surface area contributed by atoms with E-state index in [0.29, 0.717) is 17.2 Å². The molecule has 0 atom stereocenters. The summed E-state index contributed by atoms with van der Waals surface area (Å²) in [6, 6.07) is 7.09. The minimum Gasteiger partial charge on any atom is -0.497 e. The van der Waals surface area contributed by atoms with Gasteiger partial charge in [-0.1, -0.05) is 11.3 Å². The third-order valence-corrected chi connectivity index (χ3v) is 2.90. The molecule has 0 unspecified atom stereocenters. The lowest BCUT2D eigenvalue weighted by Crippen LogP contribution is -2.13. The lowest BCUT2D eigenvalue weighted by molar-refractivity contribution is 0.0687. The van der Waals surface area contributed by atoms with Crippen molar-refractivity contribution in [2.45, 2.75) is 26.5 Å². The summed E-state index contributed by atoms with van der Waals surface area (Å²) in [5, 5.41) is 16.7. The molecular weight excluding hydrogens is 274 g/mol. The number of methoxy groups -OCH3 is 1. The normalized spacial score (nSPS) is 10.7. The molecule has 1 N–H and O–H groups in total. The summed E-state index contributed by atoms with van der Waals surface area (Å²) in [5.41, 5.74) is 0.340. The fourth-order valence-corrected chi connectivity index (χ4v) is 1.87. The lowest BCUT2D eigenvalue weighted by atomic mass is 10.3. The van der Waals surface area contributed by atoms with Crippen molar-refractivity contribution in [1.29, 1.82) is 0 Å². The zero-order valence-electron chi connectivity index (χ0n) is 12.1. The first kappa shape index (κ1) is 14.8. The molecule has 2 aromatic rings. The van der Waals surface area contributed by atoms with Gasteiger partial charge in [0.1, 0.15) is 23.8 Å². The van der Waals surface area contributed by atoms with Crippen LogP contribution >= 0.6 is 0 Å². The largest absolute Gasteiger partial charge is 0.497 e. The minimum absolute atomic E-state index is 0.00508. The van der Waals surface area contributed by atoms with Crippen LogP contribution in [0.2, 0.25) is 0 Å². The Morgan fingerprint density at radius 1 is 1.38 bits per heavy atom. The van der Waals surface area contributed by atoms with Crippen LogP contribution in [0, 0.1) is 0 Å². The molecule has 0 aliphatic carbocycles. The number of ether oxygens (including phenoxy) is 2. The molecule has 7 nitrogen and oxygen atoms in total. The quantitative estimate of drug-likeness (QED) is 0.877. The molecule has 0 radical (unpaired) electrons. The smallest absolute Gasteiger partial charge is 0.358 e. The van der Waals surface area contributed by atoms with Gasteiger partial charge >= 0.3 is 5.97 Å². The van der Waals surface area contributed by atoms with Crippen molar-refractivity contribution < 1.29 is 19.4 Å². The van der Waals surface area contributed by atoms with Crippen LogP contribution in [0.3, 0.4) is 0 Å². The summed E-state index contributed by atoms with van der Waals surface area (Å²) in [6.07, 6.45) is 0. The van der Waals surface area contributed by atoms with Crippen molar-refractivity contribution in [2.75, 3.05) is 7.11 Å². The van der Waals surface area contributed by atoms with Crippen molar-refractivity contribution in [3.63, 3.8) is 0 Å². The van der Waals surface area contributed by atoms with Crippen LogP contribution in [-0.2, 0) is 6.61 Å². The maximum Gasteiger partial charge on any atom is 0.358 e. The van der Waals surface area contributed by atoms with E-state index in [-0.39, 0.29) is 18.3 Å². The Kier molecular flexibility index (Phi) is 4.42. The number of benzene rings is 1. The monoisotopic (exact) mass is 291 g/mol. The number of hydrogen-bond donors (Lipinski definition) is 1. The van der Waals surface area contributed by atoms with Gasteiger partial charge in [0.2, 0.25) is 0 Å². The lowest BCUT2D eigenvalue weighted by Gasteiger charge is -2.12. The molecule has 112 valence electrons. The molecule has 0 aliphatic rings. The van der Waals surface area contributed by atoms with Gasteiger partial charge < -0.3 is 14.6 Å². The molecule has 1 heterocycles. The van der Waals surface area contributed by atoms with Crippen LogP contribution in [0.5, 0.6) is 11.5 Å². The summed E-state index contributed by atoms with van der Waals surface area (Å²) >= 11 is 0. The fraction of sp³-hybridized carbons (Fsp3) is 0.357. The standard InChI is InChI=1S/C14H17N3O4/c1-9(2)17-12(13(14(18)19)15-16-17)8-21-11-6-4-5-10(7-11)20-3/h4-7,9H,8H2,1-3H3,(H,18,19). The average Bonchev–Trinajstić information content (AvgIpc) is 2.89. The molecule has 0 amide bonds. The Labute approximate surface area is 122 Å².